The maximum Gasteiger partial charge on any atom is 0.260 e. The van der Waals surface area contributed by atoms with E-state index < -0.39 is 23.1 Å². The monoisotopic (exact) mass is 384 g/mol. The second kappa shape index (κ2) is 6.55. The normalized spacial score (nSPS) is 31.1. The molecule has 0 aromatic heterocycles. The lowest BCUT2D eigenvalue weighted by Crippen LogP contribution is -2.60. The third-order valence-electron chi connectivity index (χ3n) is 6.73. The van der Waals surface area contributed by atoms with E-state index in [4.69, 9.17) is 0 Å². The van der Waals surface area contributed by atoms with Gasteiger partial charge in [0.2, 0.25) is 0 Å². The maximum absolute atomic E-state index is 14.3. The number of hydrogen-bond donors (Lipinski definition) is 1. The summed E-state index contributed by atoms with van der Waals surface area (Å²) in [4.78, 5) is 17.3. The van der Waals surface area contributed by atoms with E-state index in [-0.39, 0.29) is 23.8 Å². The first-order valence-corrected chi connectivity index (χ1v) is 9.82. The molecule has 28 heavy (non-hydrogen) atoms. The van der Waals surface area contributed by atoms with E-state index in [1.165, 1.54) is 6.07 Å². The maximum atomic E-state index is 14.3. The first-order chi connectivity index (χ1) is 13.5. The minimum Gasteiger partial charge on any atom is -0.508 e. The van der Waals surface area contributed by atoms with Gasteiger partial charge in [-0.15, -0.1) is 0 Å². The fourth-order valence-electron chi connectivity index (χ4n) is 5.55. The first kappa shape index (κ1) is 17.6. The fraction of sp³-hybridized carbons (Fsp3) is 0.409. The van der Waals surface area contributed by atoms with E-state index in [9.17, 15) is 18.7 Å². The fourth-order valence-corrected chi connectivity index (χ4v) is 5.55. The van der Waals surface area contributed by atoms with Crippen LogP contribution < -0.4 is 0 Å². The number of carbonyl (C=O) groups is 1. The van der Waals surface area contributed by atoms with Gasteiger partial charge in [-0.1, -0.05) is 18.2 Å². The first-order valence-electron chi connectivity index (χ1n) is 9.82. The van der Waals surface area contributed by atoms with Crippen LogP contribution in [0.15, 0.2) is 42.5 Å². The molecule has 0 spiro atoms. The van der Waals surface area contributed by atoms with Gasteiger partial charge in [0.1, 0.15) is 22.9 Å². The van der Waals surface area contributed by atoms with E-state index in [0.29, 0.717) is 12.5 Å². The van der Waals surface area contributed by atoms with Crippen LogP contribution in [0.25, 0.3) is 0 Å². The Morgan fingerprint density at radius 1 is 1.00 bits per heavy atom. The lowest BCUT2D eigenvalue weighted by atomic mass is 9.75. The summed E-state index contributed by atoms with van der Waals surface area (Å²) in [7, 11) is 0. The Kier molecular flexibility index (Phi) is 4.12. The predicted octanol–water partition coefficient (Wildman–Crippen LogP) is 3.37. The molecule has 4 aliphatic heterocycles. The number of piperidine rings is 3. The van der Waals surface area contributed by atoms with Crippen LogP contribution in [0.3, 0.4) is 0 Å². The van der Waals surface area contributed by atoms with Crippen molar-refractivity contribution in [3.05, 3.63) is 65.2 Å². The van der Waals surface area contributed by atoms with Crippen molar-refractivity contribution in [1.29, 1.82) is 0 Å². The molecular formula is C22H22F2N2O2. The van der Waals surface area contributed by atoms with Gasteiger partial charge in [-0.3, -0.25) is 9.69 Å². The molecule has 0 aliphatic carbocycles. The summed E-state index contributed by atoms with van der Waals surface area (Å²) in [6.45, 7) is 2.37. The SMILES string of the molecule is O=C(c1c(F)cccc1F)N1C[C@@H](c2cccc(O)c2)[C@@H]2[C@H]1C1CCN2CC1. The van der Waals surface area contributed by atoms with Crippen LogP contribution in [0.2, 0.25) is 0 Å². The minimum atomic E-state index is -0.816. The van der Waals surface area contributed by atoms with E-state index in [1.54, 1.807) is 23.1 Å². The number of phenolic OH excluding ortho intramolecular Hbond substituents is 1. The van der Waals surface area contributed by atoms with Gasteiger partial charge in [-0.05, 0) is 61.7 Å². The second-order valence-electron chi connectivity index (χ2n) is 8.11. The largest absolute Gasteiger partial charge is 0.508 e. The molecular weight excluding hydrogens is 362 g/mol. The molecule has 0 radical (unpaired) electrons. The molecule has 2 aromatic rings. The van der Waals surface area contributed by atoms with Gasteiger partial charge in [0, 0.05) is 18.5 Å². The summed E-state index contributed by atoms with van der Waals surface area (Å²) >= 11 is 0. The van der Waals surface area contributed by atoms with Crippen LogP contribution in [0, 0.1) is 17.6 Å². The molecule has 0 unspecified atom stereocenters. The molecule has 4 aliphatic rings. The van der Waals surface area contributed by atoms with E-state index in [0.717, 1.165) is 43.6 Å². The Morgan fingerprint density at radius 3 is 2.36 bits per heavy atom. The molecule has 6 heteroatoms. The second-order valence-corrected chi connectivity index (χ2v) is 8.11. The van der Waals surface area contributed by atoms with Crippen molar-refractivity contribution in [2.24, 2.45) is 5.92 Å². The average Bonchev–Trinajstić information content (AvgIpc) is 3.11. The zero-order valence-corrected chi connectivity index (χ0v) is 15.4. The molecule has 6 rings (SSSR count). The minimum absolute atomic E-state index is 0.0129. The Balaban J connectivity index is 1.56. The van der Waals surface area contributed by atoms with E-state index in [2.05, 4.69) is 4.90 Å². The lowest BCUT2D eigenvalue weighted by Gasteiger charge is -2.51. The van der Waals surface area contributed by atoms with Crippen LogP contribution in [-0.2, 0) is 0 Å². The van der Waals surface area contributed by atoms with Gasteiger partial charge in [-0.25, -0.2) is 8.78 Å². The van der Waals surface area contributed by atoms with Crippen LogP contribution in [0.1, 0.15) is 34.7 Å². The van der Waals surface area contributed by atoms with Crippen molar-refractivity contribution in [3.8, 4) is 5.75 Å². The average molecular weight is 384 g/mol. The van der Waals surface area contributed by atoms with Crippen LogP contribution in [0.5, 0.6) is 5.75 Å². The highest BCUT2D eigenvalue weighted by Gasteiger charge is 2.55. The molecule has 4 nitrogen and oxygen atoms in total. The molecule has 3 atom stereocenters. The van der Waals surface area contributed by atoms with Gasteiger partial charge < -0.3 is 10.0 Å². The van der Waals surface area contributed by atoms with Crippen molar-refractivity contribution in [2.75, 3.05) is 19.6 Å². The van der Waals surface area contributed by atoms with Crippen molar-refractivity contribution in [3.63, 3.8) is 0 Å². The summed E-state index contributed by atoms with van der Waals surface area (Å²) in [6, 6.07) is 10.7. The number of halogens is 2. The van der Waals surface area contributed by atoms with Crippen molar-refractivity contribution in [2.45, 2.75) is 30.8 Å². The predicted molar refractivity (Wildman–Crippen MR) is 100 cm³/mol. The third kappa shape index (κ3) is 2.62. The number of nitrogens with zero attached hydrogens (tertiary/aromatic N) is 2. The van der Waals surface area contributed by atoms with Crippen molar-refractivity contribution in [1.82, 2.24) is 9.80 Å². The zero-order chi connectivity index (χ0) is 19.4. The highest BCUT2D eigenvalue weighted by atomic mass is 19.1. The molecule has 1 amide bonds. The van der Waals surface area contributed by atoms with E-state index in [1.807, 2.05) is 6.07 Å². The van der Waals surface area contributed by atoms with E-state index >= 15 is 0 Å². The Labute approximate surface area is 162 Å². The van der Waals surface area contributed by atoms with Crippen molar-refractivity contribution < 1.29 is 18.7 Å². The summed E-state index contributed by atoms with van der Waals surface area (Å²) in [6.07, 6.45) is 1.99. The van der Waals surface area contributed by atoms with Gasteiger partial charge in [0.25, 0.3) is 5.91 Å². The third-order valence-corrected chi connectivity index (χ3v) is 6.73. The number of amides is 1. The quantitative estimate of drug-likeness (QED) is 0.863. The van der Waals surface area contributed by atoms with Gasteiger partial charge in [0.05, 0.1) is 6.04 Å². The number of aromatic hydroxyl groups is 1. The molecule has 4 heterocycles. The number of carbonyl (C=O) groups excluding carboxylic acids is 1. The summed E-state index contributed by atoms with van der Waals surface area (Å²) in [5, 5.41) is 9.93. The summed E-state index contributed by atoms with van der Waals surface area (Å²) in [5.74, 6) is -1.65. The standard InChI is InChI=1S/C22H22F2N2O2/c23-17-5-2-6-18(24)19(17)22(28)26-12-16(14-3-1-4-15(27)11-14)21-20(26)13-7-9-25(21)10-8-13/h1-6,11,13,16,20-21,27H,7-10,12H2/t16-,20+,21+/m0/s1. The van der Waals surface area contributed by atoms with Crippen LogP contribution in [0.4, 0.5) is 8.78 Å². The molecule has 4 fully saturated rings. The van der Waals surface area contributed by atoms with Crippen LogP contribution in [-0.4, -0.2) is 52.5 Å². The Hall–Kier alpha value is -2.47. The molecule has 0 saturated carbocycles. The lowest BCUT2D eigenvalue weighted by molar-refractivity contribution is -0.00368. The number of likely N-dealkylation sites (tertiary alicyclic amines) is 1. The molecule has 1 N–H and O–H groups in total. The highest BCUT2D eigenvalue weighted by Crippen LogP contribution is 2.47. The molecule has 2 bridgehead atoms. The van der Waals surface area contributed by atoms with Gasteiger partial charge >= 0.3 is 0 Å². The van der Waals surface area contributed by atoms with Gasteiger partial charge in [0.15, 0.2) is 0 Å². The zero-order valence-electron chi connectivity index (χ0n) is 15.4. The van der Waals surface area contributed by atoms with Gasteiger partial charge in [-0.2, -0.15) is 0 Å². The number of rotatable bonds is 2. The number of hydrogen-bond acceptors (Lipinski definition) is 3. The summed E-state index contributed by atoms with van der Waals surface area (Å²) < 4.78 is 28.6. The highest BCUT2D eigenvalue weighted by molar-refractivity contribution is 5.95. The number of fused-ring (bicyclic) bond motifs is 2. The Morgan fingerprint density at radius 2 is 1.68 bits per heavy atom. The molecule has 4 saturated heterocycles. The van der Waals surface area contributed by atoms with Crippen molar-refractivity contribution >= 4 is 5.91 Å². The number of phenols is 1. The number of benzene rings is 2. The topological polar surface area (TPSA) is 43.8 Å². The Bertz CT molecular complexity index is 906. The molecule has 2 aromatic carbocycles. The summed E-state index contributed by atoms with van der Waals surface area (Å²) in [5.41, 5.74) is 0.501. The smallest absolute Gasteiger partial charge is 0.260 e. The van der Waals surface area contributed by atoms with Crippen LogP contribution >= 0.6 is 0 Å². The molecule has 146 valence electrons.